The topological polar surface area (TPSA) is 0 Å². The van der Waals surface area contributed by atoms with Crippen LogP contribution in [-0.2, 0) is 0 Å². The summed E-state index contributed by atoms with van der Waals surface area (Å²) in [6.45, 7) is 0. The van der Waals surface area contributed by atoms with Gasteiger partial charge in [0.1, 0.15) is 0 Å². The summed E-state index contributed by atoms with van der Waals surface area (Å²) in [6, 6.07) is 20.6. The molecule has 0 bridgehead atoms. The molecule has 0 saturated carbocycles. The van der Waals surface area contributed by atoms with Gasteiger partial charge in [0.25, 0.3) is 0 Å². The average molecular weight is 220 g/mol. The molecule has 2 aromatic rings. The molecule has 0 atom stereocenters. The summed E-state index contributed by atoms with van der Waals surface area (Å²) < 4.78 is 0. The summed E-state index contributed by atoms with van der Waals surface area (Å²) in [5.41, 5.74) is 2.47. The van der Waals surface area contributed by atoms with Crippen molar-refractivity contribution in [1.29, 1.82) is 0 Å². The molecule has 1 heteroatoms. The minimum absolute atomic E-state index is 0. The normalized spacial score (nSPS) is 9.87. The first-order valence-electron chi connectivity index (χ1n) is 4.73. The van der Waals surface area contributed by atoms with E-state index in [9.17, 15) is 0 Å². The predicted molar refractivity (Wildman–Crippen MR) is 69.0 cm³/mol. The van der Waals surface area contributed by atoms with E-state index in [4.69, 9.17) is 0 Å². The monoisotopic (exact) mass is 220 g/mol. The molecule has 2 aromatic carbocycles. The summed E-state index contributed by atoms with van der Waals surface area (Å²) in [7, 11) is 0. The zero-order valence-electron chi connectivity index (χ0n) is 7.93. The van der Waals surface area contributed by atoms with E-state index in [2.05, 4.69) is 36.4 Å². The van der Waals surface area contributed by atoms with Gasteiger partial charge in [0.05, 0.1) is 0 Å². The van der Waals surface area contributed by atoms with Crippen molar-refractivity contribution in [2.24, 2.45) is 0 Å². The Morgan fingerprint density at radius 3 is 1.20 bits per heavy atom. The van der Waals surface area contributed by atoms with E-state index in [-0.39, 0.29) is 51.4 Å². The van der Waals surface area contributed by atoms with Gasteiger partial charge in [0.15, 0.2) is 0 Å². The van der Waals surface area contributed by atoms with Gasteiger partial charge in [0.2, 0.25) is 0 Å². The van der Waals surface area contributed by atoms with Gasteiger partial charge >= 0.3 is 51.4 Å². The van der Waals surface area contributed by atoms with E-state index >= 15 is 0 Å². The van der Waals surface area contributed by atoms with Crippen molar-refractivity contribution < 1.29 is 0 Å². The van der Waals surface area contributed by atoms with Crippen LogP contribution in [0.5, 0.6) is 0 Å². The Labute approximate surface area is 133 Å². The van der Waals surface area contributed by atoms with Crippen LogP contribution in [-0.4, -0.2) is 51.4 Å². The minimum atomic E-state index is 0. The van der Waals surface area contributed by atoms with Crippen LogP contribution in [0, 0.1) is 0 Å². The maximum atomic E-state index is 2.12. The Morgan fingerprint density at radius 1 is 0.533 bits per heavy atom. The van der Waals surface area contributed by atoms with Crippen LogP contribution < -0.4 is 0 Å². The number of rotatable bonds is 2. The number of hydrogen-bond donors (Lipinski definition) is 0. The van der Waals surface area contributed by atoms with Gasteiger partial charge in [-0.05, 0) is 11.1 Å². The number of hydrogen-bond acceptors (Lipinski definition) is 0. The van der Waals surface area contributed by atoms with Crippen molar-refractivity contribution in [3.05, 3.63) is 71.8 Å². The Hall–Kier alpha value is -0.184. The van der Waals surface area contributed by atoms with Crippen LogP contribution in [0.3, 0.4) is 0 Å². The second-order valence-electron chi connectivity index (χ2n) is 3.15. The van der Waals surface area contributed by atoms with E-state index in [1.165, 1.54) is 11.1 Å². The Balaban J connectivity index is 0.00000112. The third kappa shape index (κ3) is 4.45. The van der Waals surface area contributed by atoms with Crippen LogP contribution in [0.25, 0.3) is 12.2 Å². The molecule has 0 N–H and O–H groups in total. The molecule has 0 heterocycles. The standard InChI is InChI=1S/C14H12.K.H/c1-3-7-13(8-4-1)11-12-14-9-5-2-6-10-14;;/h1-12H;;. The molecular formula is C14H13K. The van der Waals surface area contributed by atoms with Crippen LogP contribution in [0.15, 0.2) is 60.7 Å². The quantitative estimate of drug-likeness (QED) is 0.538. The van der Waals surface area contributed by atoms with Crippen LogP contribution in [0.4, 0.5) is 0 Å². The molecule has 0 aliphatic rings. The van der Waals surface area contributed by atoms with Crippen LogP contribution >= 0.6 is 0 Å². The summed E-state index contributed by atoms with van der Waals surface area (Å²) >= 11 is 0. The second kappa shape index (κ2) is 7.15. The fraction of sp³-hybridized carbons (Fsp3) is 0. The van der Waals surface area contributed by atoms with E-state index in [0.29, 0.717) is 0 Å². The van der Waals surface area contributed by atoms with E-state index in [1.54, 1.807) is 0 Å². The molecule has 15 heavy (non-hydrogen) atoms. The van der Waals surface area contributed by atoms with Gasteiger partial charge < -0.3 is 0 Å². The fourth-order valence-corrected chi connectivity index (χ4v) is 1.32. The Bertz CT molecular complexity index is 362. The predicted octanol–water partition coefficient (Wildman–Crippen LogP) is 3.21. The summed E-state index contributed by atoms with van der Waals surface area (Å²) in [5.74, 6) is 0. The van der Waals surface area contributed by atoms with Gasteiger partial charge in [0, 0.05) is 0 Å². The summed E-state index contributed by atoms with van der Waals surface area (Å²) in [6.07, 6.45) is 4.24. The molecular weight excluding hydrogens is 207 g/mol. The molecule has 0 aliphatic carbocycles. The first-order chi connectivity index (χ1) is 6.95. The SMILES string of the molecule is C(=Cc1ccccc1)c1ccccc1.[KH]. The zero-order valence-corrected chi connectivity index (χ0v) is 7.93. The Morgan fingerprint density at radius 2 is 0.867 bits per heavy atom. The van der Waals surface area contributed by atoms with Crippen molar-refractivity contribution in [3.63, 3.8) is 0 Å². The molecule has 0 nitrogen and oxygen atoms in total. The molecule has 0 fully saturated rings. The van der Waals surface area contributed by atoms with Crippen molar-refractivity contribution in [3.8, 4) is 0 Å². The fourth-order valence-electron chi connectivity index (χ4n) is 1.32. The first-order valence-corrected chi connectivity index (χ1v) is 4.73. The molecule has 0 unspecified atom stereocenters. The van der Waals surface area contributed by atoms with Crippen molar-refractivity contribution in [1.82, 2.24) is 0 Å². The molecule has 2 rings (SSSR count). The van der Waals surface area contributed by atoms with Crippen molar-refractivity contribution >= 4 is 63.5 Å². The van der Waals surface area contributed by atoms with E-state index in [1.807, 2.05) is 36.4 Å². The van der Waals surface area contributed by atoms with Gasteiger partial charge in [-0.3, -0.25) is 0 Å². The maximum absolute atomic E-state index is 2.12. The van der Waals surface area contributed by atoms with Gasteiger partial charge in [-0.15, -0.1) is 0 Å². The van der Waals surface area contributed by atoms with Crippen LogP contribution in [0.2, 0.25) is 0 Å². The van der Waals surface area contributed by atoms with Gasteiger partial charge in [-0.25, -0.2) is 0 Å². The summed E-state index contributed by atoms with van der Waals surface area (Å²) in [4.78, 5) is 0. The van der Waals surface area contributed by atoms with Crippen molar-refractivity contribution in [2.75, 3.05) is 0 Å². The van der Waals surface area contributed by atoms with E-state index in [0.717, 1.165) is 0 Å². The molecule has 0 radical (unpaired) electrons. The Kier molecular flexibility index (Phi) is 6.14. The molecule has 0 aliphatic heterocycles. The van der Waals surface area contributed by atoms with Crippen molar-refractivity contribution in [2.45, 2.75) is 0 Å². The molecule has 70 valence electrons. The zero-order chi connectivity index (χ0) is 9.64. The van der Waals surface area contributed by atoms with E-state index < -0.39 is 0 Å². The third-order valence-electron chi connectivity index (χ3n) is 2.07. The molecule has 0 aromatic heterocycles. The van der Waals surface area contributed by atoms with Gasteiger partial charge in [-0.2, -0.15) is 0 Å². The molecule has 0 amide bonds. The van der Waals surface area contributed by atoms with Crippen LogP contribution in [0.1, 0.15) is 11.1 Å². The van der Waals surface area contributed by atoms with Gasteiger partial charge in [-0.1, -0.05) is 72.8 Å². The summed E-state index contributed by atoms with van der Waals surface area (Å²) in [5, 5.41) is 0. The molecule has 0 spiro atoms. The molecule has 0 saturated heterocycles. The first kappa shape index (κ1) is 12.9. The number of benzene rings is 2. The third-order valence-corrected chi connectivity index (χ3v) is 2.07. The second-order valence-corrected chi connectivity index (χ2v) is 3.15. The average Bonchev–Trinajstić information content (AvgIpc) is 2.29.